The molecule has 0 radical (unpaired) electrons. The Morgan fingerprint density at radius 1 is 1.18 bits per heavy atom. The van der Waals surface area contributed by atoms with Gasteiger partial charge in [-0.05, 0) is 49.2 Å². The van der Waals surface area contributed by atoms with Gasteiger partial charge in [0.2, 0.25) is 12.7 Å². The molecule has 1 aliphatic rings. The van der Waals surface area contributed by atoms with Gasteiger partial charge in [0.1, 0.15) is 23.0 Å². The number of anilines is 1. The summed E-state index contributed by atoms with van der Waals surface area (Å²) in [5.74, 6) is 2.40. The number of aromatic amines is 1. The van der Waals surface area contributed by atoms with E-state index >= 15 is 0 Å². The molecule has 4 aromatic rings. The lowest BCUT2D eigenvalue weighted by Crippen LogP contribution is -2.16. The summed E-state index contributed by atoms with van der Waals surface area (Å²) in [7, 11) is 0. The predicted octanol–water partition coefficient (Wildman–Crippen LogP) is 4.48. The van der Waals surface area contributed by atoms with E-state index in [-0.39, 0.29) is 24.7 Å². The van der Waals surface area contributed by atoms with Gasteiger partial charge in [0.15, 0.2) is 11.5 Å². The topological polar surface area (TPSA) is 103 Å². The van der Waals surface area contributed by atoms with Crippen LogP contribution in [0.25, 0.3) is 10.2 Å². The Balaban J connectivity index is 1.18. The molecule has 3 heterocycles. The maximum absolute atomic E-state index is 12.5. The zero-order chi connectivity index (χ0) is 23.7. The number of nitrogens with one attached hydrogen (secondary N) is 2. The van der Waals surface area contributed by atoms with Gasteiger partial charge in [0.05, 0.1) is 5.39 Å². The van der Waals surface area contributed by atoms with Crippen molar-refractivity contribution < 1.29 is 19.0 Å². The Bertz CT molecular complexity index is 1440. The second-order valence-corrected chi connectivity index (χ2v) is 9.23. The number of H-pyrrole nitrogens is 1. The zero-order valence-electron chi connectivity index (χ0n) is 18.8. The largest absolute Gasteiger partial charge is 0.489 e. The highest BCUT2D eigenvalue weighted by molar-refractivity contribution is 7.18. The quantitative estimate of drug-likeness (QED) is 0.407. The lowest BCUT2D eigenvalue weighted by atomic mass is 10.2. The molecule has 1 aliphatic heterocycles. The van der Waals surface area contributed by atoms with Gasteiger partial charge in [-0.2, -0.15) is 0 Å². The van der Waals surface area contributed by atoms with Gasteiger partial charge < -0.3 is 24.5 Å². The van der Waals surface area contributed by atoms with Crippen LogP contribution in [0.1, 0.15) is 28.2 Å². The van der Waals surface area contributed by atoms with Gasteiger partial charge in [0.25, 0.3) is 5.56 Å². The smallest absolute Gasteiger partial charge is 0.259 e. The van der Waals surface area contributed by atoms with Crippen LogP contribution in [-0.2, 0) is 17.8 Å². The van der Waals surface area contributed by atoms with Crippen molar-refractivity contribution in [3.8, 4) is 17.2 Å². The molecule has 5 rings (SSSR count). The van der Waals surface area contributed by atoms with Crippen LogP contribution in [0.3, 0.4) is 0 Å². The molecule has 0 saturated heterocycles. The van der Waals surface area contributed by atoms with E-state index in [2.05, 4.69) is 15.3 Å². The van der Waals surface area contributed by atoms with Crippen molar-refractivity contribution >= 4 is 33.1 Å². The minimum absolute atomic E-state index is 0.155. The van der Waals surface area contributed by atoms with Crippen molar-refractivity contribution in [2.75, 3.05) is 12.1 Å². The molecule has 0 atom stereocenters. The fourth-order valence-electron chi connectivity index (χ4n) is 3.75. The van der Waals surface area contributed by atoms with E-state index in [0.29, 0.717) is 52.0 Å². The van der Waals surface area contributed by atoms with Gasteiger partial charge in [-0.1, -0.05) is 12.1 Å². The molecule has 9 heteroatoms. The summed E-state index contributed by atoms with van der Waals surface area (Å²) in [5, 5.41) is 3.54. The summed E-state index contributed by atoms with van der Waals surface area (Å²) in [6.07, 6.45) is 0.551. The number of hydrogen-bond acceptors (Lipinski definition) is 7. The Labute approximate surface area is 199 Å². The summed E-state index contributed by atoms with van der Waals surface area (Å²) in [6.45, 7) is 4.46. The summed E-state index contributed by atoms with van der Waals surface area (Å²) in [5.41, 5.74) is 2.39. The van der Waals surface area contributed by atoms with Crippen molar-refractivity contribution in [3.63, 3.8) is 0 Å². The number of carbonyl (C=O) groups is 1. The molecule has 0 aliphatic carbocycles. The Morgan fingerprint density at radius 2 is 2.03 bits per heavy atom. The number of benzene rings is 2. The maximum atomic E-state index is 12.5. The van der Waals surface area contributed by atoms with E-state index in [1.165, 1.54) is 11.3 Å². The summed E-state index contributed by atoms with van der Waals surface area (Å²) in [6, 6.07) is 12.9. The lowest BCUT2D eigenvalue weighted by molar-refractivity contribution is -0.116. The first-order valence-electron chi connectivity index (χ1n) is 10.9. The van der Waals surface area contributed by atoms with E-state index in [4.69, 9.17) is 14.2 Å². The van der Waals surface area contributed by atoms with Crippen LogP contribution in [0.5, 0.6) is 17.2 Å². The van der Waals surface area contributed by atoms with E-state index < -0.39 is 0 Å². The van der Waals surface area contributed by atoms with Crippen LogP contribution in [-0.4, -0.2) is 22.7 Å². The Hall–Kier alpha value is -3.85. The molecule has 2 aromatic carbocycles. The predicted molar refractivity (Wildman–Crippen MR) is 130 cm³/mol. The average Bonchev–Trinajstić information content (AvgIpc) is 3.40. The van der Waals surface area contributed by atoms with Crippen molar-refractivity contribution in [3.05, 3.63) is 74.6 Å². The molecule has 0 saturated carbocycles. The summed E-state index contributed by atoms with van der Waals surface area (Å²) < 4.78 is 16.5. The first kappa shape index (κ1) is 22.0. The van der Waals surface area contributed by atoms with Gasteiger partial charge >= 0.3 is 0 Å². The molecular weight excluding hydrogens is 454 g/mol. The highest BCUT2D eigenvalue weighted by atomic mass is 32.1. The van der Waals surface area contributed by atoms with Crippen molar-refractivity contribution in [1.29, 1.82) is 0 Å². The zero-order valence-corrected chi connectivity index (χ0v) is 19.6. The molecule has 0 bridgehead atoms. The van der Waals surface area contributed by atoms with E-state index in [9.17, 15) is 9.59 Å². The number of rotatable bonds is 7. The van der Waals surface area contributed by atoms with Gasteiger partial charge in [-0.15, -0.1) is 11.3 Å². The molecule has 0 unspecified atom stereocenters. The number of aryl methyl sites for hydroxylation is 3. The molecule has 2 aromatic heterocycles. The standard InChI is InChI=1S/C25H23N3O5S/c1-14-15(2)34-25-23(14)24(30)27-21(28-25)8-9-22(29)26-17-5-3-4-16(10-17)12-31-18-6-7-19-20(11-18)33-13-32-19/h3-7,10-11H,8-9,12-13H2,1-2H3,(H,26,29)(H,27,28,30). The van der Waals surface area contributed by atoms with E-state index in [0.717, 1.165) is 16.0 Å². The second-order valence-electron chi connectivity index (χ2n) is 8.03. The average molecular weight is 478 g/mol. The third kappa shape index (κ3) is 4.60. The molecular formula is C25H23N3O5S. The van der Waals surface area contributed by atoms with Crippen molar-refractivity contribution in [1.82, 2.24) is 9.97 Å². The van der Waals surface area contributed by atoms with Crippen LogP contribution in [0.15, 0.2) is 47.3 Å². The molecule has 34 heavy (non-hydrogen) atoms. The van der Waals surface area contributed by atoms with Crippen molar-refractivity contribution in [2.45, 2.75) is 33.3 Å². The number of amides is 1. The van der Waals surface area contributed by atoms with Crippen LogP contribution in [0.4, 0.5) is 5.69 Å². The van der Waals surface area contributed by atoms with E-state index in [1.54, 1.807) is 6.07 Å². The first-order chi connectivity index (χ1) is 16.5. The summed E-state index contributed by atoms with van der Waals surface area (Å²) in [4.78, 5) is 34.0. The lowest BCUT2D eigenvalue weighted by Gasteiger charge is -2.10. The van der Waals surface area contributed by atoms with Crippen LogP contribution < -0.4 is 25.1 Å². The van der Waals surface area contributed by atoms with Crippen LogP contribution in [0.2, 0.25) is 0 Å². The van der Waals surface area contributed by atoms with Gasteiger partial charge in [-0.25, -0.2) is 4.98 Å². The second kappa shape index (κ2) is 9.18. The molecule has 1 amide bonds. The third-order valence-corrected chi connectivity index (χ3v) is 6.74. The number of hydrogen-bond donors (Lipinski definition) is 2. The van der Waals surface area contributed by atoms with Gasteiger partial charge in [0, 0.05) is 29.5 Å². The molecule has 2 N–H and O–H groups in total. The Kier molecular flexibility index (Phi) is 5.93. The van der Waals surface area contributed by atoms with E-state index in [1.807, 2.05) is 50.2 Å². The molecule has 8 nitrogen and oxygen atoms in total. The number of nitrogens with zero attached hydrogens (tertiary/aromatic N) is 1. The fourth-order valence-corrected chi connectivity index (χ4v) is 4.79. The normalized spacial score (nSPS) is 12.2. The fraction of sp³-hybridized carbons (Fsp3) is 0.240. The third-order valence-electron chi connectivity index (χ3n) is 5.64. The number of carbonyl (C=O) groups excluding carboxylic acids is 1. The molecule has 0 fully saturated rings. The van der Waals surface area contributed by atoms with Crippen molar-refractivity contribution in [2.24, 2.45) is 0 Å². The monoisotopic (exact) mass is 477 g/mol. The minimum atomic E-state index is -0.157. The highest BCUT2D eigenvalue weighted by Crippen LogP contribution is 2.35. The number of ether oxygens (including phenoxy) is 3. The number of fused-ring (bicyclic) bond motifs is 2. The highest BCUT2D eigenvalue weighted by Gasteiger charge is 2.14. The SMILES string of the molecule is Cc1sc2nc(CCC(=O)Nc3cccc(COc4ccc5c(c4)OCO5)c3)[nH]c(=O)c2c1C. The Morgan fingerprint density at radius 3 is 2.91 bits per heavy atom. The van der Waals surface area contributed by atoms with Crippen LogP contribution >= 0.6 is 11.3 Å². The number of thiophene rings is 1. The molecule has 174 valence electrons. The van der Waals surface area contributed by atoms with Gasteiger partial charge in [-0.3, -0.25) is 9.59 Å². The minimum Gasteiger partial charge on any atom is -0.489 e. The summed E-state index contributed by atoms with van der Waals surface area (Å²) >= 11 is 1.50. The van der Waals surface area contributed by atoms with Crippen LogP contribution in [0, 0.1) is 13.8 Å². The maximum Gasteiger partial charge on any atom is 0.259 e. The molecule has 0 spiro atoms. The first-order valence-corrected chi connectivity index (χ1v) is 11.7. The number of aromatic nitrogens is 2.